The number of nitrogens with one attached hydrogen (secondary N) is 1. The fourth-order valence-corrected chi connectivity index (χ4v) is 1.78. The number of ether oxygens (including phenoxy) is 2. The summed E-state index contributed by atoms with van der Waals surface area (Å²) in [5.41, 5.74) is 5.43. The molecule has 0 rings (SSSR count). The van der Waals surface area contributed by atoms with Crippen LogP contribution in [-0.2, 0) is 14.3 Å². The third-order valence-electron chi connectivity index (χ3n) is 2.86. The maximum absolute atomic E-state index is 11.4. The van der Waals surface area contributed by atoms with Crippen LogP contribution in [0.25, 0.3) is 0 Å². The van der Waals surface area contributed by atoms with Gasteiger partial charge in [0.1, 0.15) is 0 Å². The Morgan fingerprint density at radius 1 is 1.26 bits per heavy atom. The van der Waals surface area contributed by atoms with Crippen molar-refractivity contribution in [1.29, 1.82) is 0 Å². The van der Waals surface area contributed by atoms with Crippen LogP contribution in [-0.4, -0.2) is 70.5 Å². The largest absolute Gasteiger partial charge is 0.385 e. The minimum absolute atomic E-state index is 0.303. The zero-order chi connectivity index (χ0) is 14.5. The summed E-state index contributed by atoms with van der Waals surface area (Å²) < 4.78 is 10.1. The smallest absolute Gasteiger partial charge is 0.235 e. The van der Waals surface area contributed by atoms with Gasteiger partial charge in [-0.1, -0.05) is 6.92 Å². The number of carbonyl (C=O) groups is 1. The van der Waals surface area contributed by atoms with Gasteiger partial charge in [0.2, 0.25) is 5.91 Å². The van der Waals surface area contributed by atoms with Gasteiger partial charge in [-0.25, -0.2) is 0 Å². The Balaban J connectivity index is 4.24. The van der Waals surface area contributed by atoms with Crippen molar-refractivity contribution in [3.05, 3.63) is 0 Å². The van der Waals surface area contributed by atoms with E-state index in [1.54, 1.807) is 14.2 Å². The van der Waals surface area contributed by atoms with Crippen molar-refractivity contribution in [2.24, 2.45) is 5.73 Å². The summed E-state index contributed by atoms with van der Waals surface area (Å²) in [7, 11) is 3.36. The summed E-state index contributed by atoms with van der Waals surface area (Å²) in [6.45, 7) is 6.49. The standard InChI is InChI=1S/C13H29N3O3/c1-4-6-15-12(13(14)17)11-16(8-10-19-3)7-5-9-18-2/h12,15H,4-11H2,1-3H3,(H2,14,17). The summed E-state index contributed by atoms with van der Waals surface area (Å²) >= 11 is 0. The van der Waals surface area contributed by atoms with Crippen LogP contribution in [0.15, 0.2) is 0 Å². The molecule has 1 amide bonds. The lowest BCUT2D eigenvalue weighted by atomic mass is 10.2. The van der Waals surface area contributed by atoms with Crippen molar-refractivity contribution < 1.29 is 14.3 Å². The van der Waals surface area contributed by atoms with Gasteiger partial charge < -0.3 is 20.5 Å². The predicted molar refractivity (Wildman–Crippen MR) is 76.1 cm³/mol. The van der Waals surface area contributed by atoms with Crippen LogP contribution < -0.4 is 11.1 Å². The number of nitrogens with zero attached hydrogens (tertiary/aromatic N) is 1. The molecule has 0 heterocycles. The molecule has 0 aromatic heterocycles. The lowest BCUT2D eigenvalue weighted by Crippen LogP contribution is -2.50. The topological polar surface area (TPSA) is 76.8 Å². The first-order valence-corrected chi connectivity index (χ1v) is 6.88. The van der Waals surface area contributed by atoms with E-state index in [0.717, 1.165) is 32.5 Å². The second-order valence-electron chi connectivity index (χ2n) is 4.55. The van der Waals surface area contributed by atoms with Gasteiger partial charge in [-0.2, -0.15) is 0 Å². The SMILES string of the molecule is CCCNC(CN(CCCOC)CCOC)C(N)=O. The van der Waals surface area contributed by atoms with E-state index in [1.807, 2.05) is 0 Å². The number of methoxy groups -OCH3 is 2. The molecular formula is C13H29N3O3. The Morgan fingerprint density at radius 2 is 1.95 bits per heavy atom. The third-order valence-corrected chi connectivity index (χ3v) is 2.86. The fraction of sp³-hybridized carbons (Fsp3) is 0.923. The van der Waals surface area contributed by atoms with Crippen molar-refractivity contribution in [2.45, 2.75) is 25.8 Å². The number of hydrogen-bond donors (Lipinski definition) is 2. The summed E-state index contributed by atoms with van der Waals surface area (Å²) in [5.74, 6) is -0.303. The van der Waals surface area contributed by atoms with E-state index in [-0.39, 0.29) is 11.9 Å². The van der Waals surface area contributed by atoms with E-state index in [1.165, 1.54) is 0 Å². The molecule has 114 valence electrons. The van der Waals surface area contributed by atoms with Gasteiger partial charge in [-0.3, -0.25) is 9.69 Å². The first-order valence-electron chi connectivity index (χ1n) is 6.88. The number of rotatable bonds is 13. The monoisotopic (exact) mass is 275 g/mol. The number of amides is 1. The van der Waals surface area contributed by atoms with E-state index in [0.29, 0.717) is 19.8 Å². The number of nitrogens with two attached hydrogens (primary N) is 1. The molecule has 0 aliphatic carbocycles. The minimum atomic E-state index is -0.306. The molecule has 0 saturated heterocycles. The zero-order valence-corrected chi connectivity index (χ0v) is 12.5. The molecule has 0 radical (unpaired) electrons. The van der Waals surface area contributed by atoms with Crippen LogP contribution in [0.1, 0.15) is 19.8 Å². The molecule has 0 fully saturated rings. The molecule has 3 N–H and O–H groups in total. The van der Waals surface area contributed by atoms with Crippen molar-refractivity contribution in [3.8, 4) is 0 Å². The predicted octanol–water partition coefficient (Wildman–Crippen LogP) is -0.175. The van der Waals surface area contributed by atoms with Gasteiger partial charge in [-0.15, -0.1) is 0 Å². The van der Waals surface area contributed by atoms with Gasteiger partial charge in [-0.05, 0) is 19.4 Å². The van der Waals surface area contributed by atoms with Crippen LogP contribution in [0, 0.1) is 0 Å². The maximum atomic E-state index is 11.4. The Labute approximate surface area is 116 Å². The molecule has 0 saturated carbocycles. The van der Waals surface area contributed by atoms with E-state index < -0.39 is 0 Å². The van der Waals surface area contributed by atoms with Gasteiger partial charge in [0, 0.05) is 40.5 Å². The first-order chi connectivity index (χ1) is 9.15. The van der Waals surface area contributed by atoms with Crippen LogP contribution in [0.4, 0.5) is 0 Å². The summed E-state index contributed by atoms with van der Waals surface area (Å²) in [4.78, 5) is 13.6. The average Bonchev–Trinajstić information content (AvgIpc) is 2.39. The van der Waals surface area contributed by atoms with Gasteiger partial charge in [0.05, 0.1) is 12.6 Å². The van der Waals surface area contributed by atoms with Gasteiger partial charge in [0.15, 0.2) is 0 Å². The normalized spacial score (nSPS) is 12.8. The Bertz CT molecular complexity index is 227. The van der Waals surface area contributed by atoms with E-state index in [9.17, 15) is 4.79 Å². The Morgan fingerprint density at radius 3 is 2.47 bits per heavy atom. The zero-order valence-electron chi connectivity index (χ0n) is 12.5. The molecule has 19 heavy (non-hydrogen) atoms. The van der Waals surface area contributed by atoms with Crippen LogP contribution in [0.2, 0.25) is 0 Å². The van der Waals surface area contributed by atoms with Gasteiger partial charge in [0.25, 0.3) is 0 Å². The number of primary amides is 1. The molecular weight excluding hydrogens is 246 g/mol. The molecule has 0 aromatic carbocycles. The van der Waals surface area contributed by atoms with Crippen LogP contribution in [0.3, 0.4) is 0 Å². The van der Waals surface area contributed by atoms with Crippen LogP contribution >= 0.6 is 0 Å². The number of hydrogen-bond acceptors (Lipinski definition) is 5. The molecule has 0 aliphatic rings. The molecule has 1 unspecified atom stereocenters. The number of carbonyl (C=O) groups excluding carboxylic acids is 1. The van der Waals surface area contributed by atoms with E-state index in [4.69, 9.17) is 15.2 Å². The quantitative estimate of drug-likeness (QED) is 0.456. The fourth-order valence-electron chi connectivity index (χ4n) is 1.78. The molecule has 0 spiro atoms. The molecule has 1 atom stereocenters. The highest BCUT2D eigenvalue weighted by Crippen LogP contribution is 1.97. The Hall–Kier alpha value is -0.690. The second-order valence-corrected chi connectivity index (χ2v) is 4.55. The summed E-state index contributed by atoms with van der Waals surface area (Å²) in [5, 5.41) is 3.18. The highest BCUT2D eigenvalue weighted by Gasteiger charge is 2.18. The molecule has 6 heteroatoms. The van der Waals surface area contributed by atoms with Crippen molar-refractivity contribution >= 4 is 5.91 Å². The second kappa shape index (κ2) is 12.3. The maximum Gasteiger partial charge on any atom is 0.235 e. The lowest BCUT2D eigenvalue weighted by Gasteiger charge is -2.26. The lowest BCUT2D eigenvalue weighted by molar-refractivity contribution is -0.120. The molecule has 0 aliphatic heterocycles. The van der Waals surface area contributed by atoms with E-state index >= 15 is 0 Å². The summed E-state index contributed by atoms with van der Waals surface area (Å²) in [6.07, 6.45) is 1.91. The van der Waals surface area contributed by atoms with Crippen LogP contribution in [0.5, 0.6) is 0 Å². The highest BCUT2D eigenvalue weighted by molar-refractivity contribution is 5.80. The minimum Gasteiger partial charge on any atom is -0.385 e. The van der Waals surface area contributed by atoms with Crippen molar-refractivity contribution in [2.75, 3.05) is 53.6 Å². The van der Waals surface area contributed by atoms with Gasteiger partial charge >= 0.3 is 0 Å². The highest BCUT2D eigenvalue weighted by atomic mass is 16.5. The van der Waals surface area contributed by atoms with E-state index in [2.05, 4.69) is 17.1 Å². The Kier molecular flexibility index (Phi) is 11.9. The average molecular weight is 275 g/mol. The third kappa shape index (κ3) is 9.84. The summed E-state index contributed by atoms with van der Waals surface area (Å²) in [6, 6.07) is -0.306. The first kappa shape index (κ1) is 18.3. The van der Waals surface area contributed by atoms with Crippen molar-refractivity contribution in [3.63, 3.8) is 0 Å². The molecule has 6 nitrogen and oxygen atoms in total. The van der Waals surface area contributed by atoms with Crippen molar-refractivity contribution in [1.82, 2.24) is 10.2 Å². The molecule has 0 bridgehead atoms. The molecule has 0 aromatic rings.